The van der Waals surface area contributed by atoms with E-state index < -0.39 is 21.4 Å². The van der Waals surface area contributed by atoms with Crippen LogP contribution in [-0.4, -0.2) is 27.6 Å². The average molecular weight is 353 g/mol. The van der Waals surface area contributed by atoms with Crippen molar-refractivity contribution in [2.24, 2.45) is 5.73 Å². The van der Waals surface area contributed by atoms with Crippen LogP contribution in [0.1, 0.15) is 31.2 Å². The number of nitrogens with one attached hydrogen (secondary N) is 1. The summed E-state index contributed by atoms with van der Waals surface area (Å²) in [6.45, 7) is 1.67. The van der Waals surface area contributed by atoms with E-state index in [9.17, 15) is 12.8 Å². The molecular formula is C14H22ClFN2O3S. The summed E-state index contributed by atoms with van der Waals surface area (Å²) in [6, 6.07) is 2.68. The Hall–Kier alpha value is -0.890. The van der Waals surface area contributed by atoms with Crippen LogP contribution < -0.4 is 15.2 Å². The van der Waals surface area contributed by atoms with E-state index in [2.05, 4.69) is 4.72 Å². The van der Waals surface area contributed by atoms with Gasteiger partial charge in [-0.2, -0.15) is 0 Å². The number of rotatable bonds is 5. The second kappa shape index (κ2) is 7.12. The summed E-state index contributed by atoms with van der Waals surface area (Å²) in [5.41, 5.74) is 5.19. The van der Waals surface area contributed by atoms with Crippen LogP contribution in [0.5, 0.6) is 5.75 Å². The van der Waals surface area contributed by atoms with E-state index >= 15 is 0 Å². The fourth-order valence-electron chi connectivity index (χ4n) is 2.83. The van der Waals surface area contributed by atoms with Crippen LogP contribution in [-0.2, 0) is 10.0 Å². The summed E-state index contributed by atoms with van der Waals surface area (Å²) >= 11 is 0. The number of nitrogens with two attached hydrogens (primary N) is 1. The molecule has 0 aromatic heterocycles. The summed E-state index contributed by atoms with van der Waals surface area (Å²) in [7, 11) is -2.48. The molecule has 22 heavy (non-hydrogen) atoms. The minimum Gasteiger partial charge on any atom is -0.494 e. The maximum absolute atomic E-state index is 14.0. The van der Waals surface area contributed by atoms with E-state index in [1.807, 2.05) is 0 Å². The molecule has 0 spiro atoms. The highest BCUT2D eigenvalue weighted by Crippen LogP contribution is 2.32. The Morgan fingerprint density at radius 3 is 2.45 bits per heavy atom. The Kier molecular flexibility index (Phi) is 6.20. The SMILES string of the molecule is COc1ccc(S(=O)(=O)NC2(CN)CCCC2)c(C)c1F.Cl. The van der Waals surface area contributed by atoms with E-state index in [1.165, 1.54) is 26.2 Å². The number of methoxy groups -OCH3 is 1. The van der Waals surface area contributed by atoms with E-state index in [1.54, 1.807) is 0 Å². The molecule has 0 saturated heterocycles. The summed E-state index contributed by atoms with van der Waals surface area (Å²) in [5.74, 6) is -0.630. The Morgan fingerprint density at radius 1 is 1.36 bits per heavy atom. The van der Waals surface area contributed by atoms with Gasteiger partial charge in [-0.05, 0) is 31.9 Å². The second-order valence-corrected chi connectivity index (χ2v) is 7.15. The molecule has 0 heterocycles. The van der Waals surface area contributed by atoms with Crippen LogP contribution in [0.4, 0.5) is 4.39 Å². The lowest BCUT2D eigenvalue weighted by molar-refractivity contribution is 0.383. The van der Waals surface area contributed by atoms with Crippen molar-refractivity contribution in [3.63, 3.8) is 0 Å². The molecule has 0 atom stereocenters. The number of halogens is 2. The van der Waals surface area contributed by atoms with Crippen molar-refractivity contribution in [1.82, 2.24) is 4.72 Å². The zero-order chi connectivity index (χ0) is 15.7. The van der Waals surface area contributed by atoms with Crippen LogP contribution in [0.15, 0.2) is 17.0 Å². The predicted molar refractivity (Wildman–Crippen MR) is 85.5 cm³/mol. The third kappa shape index (κ3) is 3.53. The van der Waals surface area contributed by atoms with Gasteiger partial charge in [0.05, 0.1) is 12.0 Å². The van der Waals surface area contributed by atoms with Crippen LogP contribution in [0.25, 0.3) is 0 Å². The molecule has 1 aromatic rings. The second-order valence-electron chi connectivity index (χ2n) is 5.50. The van der Waals surface area contributed by atoms with Crippen molar-refractivity contribution in [2.75, 3.05) is 13.7 Å². The van der Waals surface area contributed by atoms with E-state index in [0.29, 0.717) is 12.8 Å². The van der Waals surface area contributed by atoms with E-state index in [4.69, 9.17) is 10.5 Å². The molecule has 0 unspecified atom stereocenters. The molecular weight excluding hydrogens is 331 g/mol. The summed E-state index contributed by atoms with van der Waals surface area (Å²) in [5, 5.41) is 0. The minimum absolute atomic E-state index is 0. The van der Waals surface area contributed by atoms with Gasteiger partial charge in [0.25, 0.3) is 0 Å². The van der Waals surface area contributed by atoms with Gasteiger partial charge in [0.15, 0.2) is 11.6 Å². The lowest BCUT2D eigenvalue weighted by Gasteiger charge is -2.28. The molecule has 1 fully saturated rings. The number of hydrogen-bond donors (Lipinski definition) is 2. The molecule has 3 N–H and O–H groups in total. The zero-order valence-electron chi connectivity index (χ0n) is 12.7. The Morgan fingerprint density at radius 2 is 1.95 bits per heavy atom. The van der Waals surface area contributed by atoms with Gasteiger partial charge >= 0.3 is 0 Å². The molecule has 1 saturated carbocycles. The van der Waals surface area contributed by atoms with Gasteiger partial charge in [-0.1, -0.05) is 12.8 Å². The van der Waals surface area contributed by atoms with Crippen LogP contribution >= 0.6 is 12.4 Å². The fraction of sp³-hybridized carbons (Fsp3) is 0.571. The smallest absolute Gasteiger partial charge is 0.241 e. The topological polar surface area (TPSA) is 81.4 Å². The lowest BCUT2D eigenvalue weighted by Crippen LogP contribution is -2.51. The number of ether oxygens (including phenoxy) is 1. The maximum atomic E-state index is 14.0. The molecule has 2 rings (SSSR count). The monoisotopic (exact) mass is 352 g/mol. The summed E-state index contributed by atoms with van der Waals surface area (Å²) in [4.78, 5) is -0.0690. The van der Waals surface area contributed by atoms with Gasteiger partial charge in [-0.3, -0.25) is 0 Å². The first-order valence-corrected chi connectivity index (χ1v) is 8.41. The highest BCUT2D eigenvalue weighted by molar-refractivity contribution is 7.89. The van der Waals surface area contributed by atoms with Gasteiger partial charge in [0, 0.05) is 17.6 Å². The third-order valence-electron chi connectivity index (χ3n) is 4.11. The van der Waals surface area contributed by atoms with Gasteiger partial charge in [-0.25, -0.2) is 17.5 Å². The van der Waals surface area contributed by atoms with Gasteiger partial charge in [0.1, 0.15) is 0 Å². The van der Waals surface area contributed by atoms with Crippen LogP contribution in [0, 0.1) is 12.7 Å². The first-order chi connectivity index (χ1) is 9.85. The molecule has 0 radical (unpaired) electrons. The van der Waals surface area contributed by atoms with Crippen LogP contribution in [0.2, 0.25) is 0 Å². The number of hydrogen-bond acceptors (Lipinski definition) is 4. The van der Waals surface area contributed by atoms with E-state index in [0.717, 1.165) is 12.8 Å². The van der Waals surface area contributed by atoms with Gasteiger partial charge < -0.3 is 10.5 Å². The fourth-order valence-corrected chi connectivity index (χ4v) is 4.54. The van der Waals surface area contributed by atoms with Crippen molar-refractivity contribution < 1.29 is 17.5 Å². The minimum atomic E-state index is -3.82. The average Bonchev–Trinajstić information content (AvgIpc) is 2.90. The molecule has 1 aromatic carbocycles. The highest BCUT2D eigenvalue weighted by atomic mass is 35.5. The molecule has 0 amide bonds. The first-order valence-electron chi connectivity index (χ1n) is 6.92. The molecule has 126 valence electrons. The third-order valence-corrected chi connectivity index (χ3v) is 5.84. The van der Waals surface area contributed by atoms with Gasteiger partial charge in [-0.15, -0.1) is 12.4 Å². The molecule has 1 aliphatic rings. The van der Waals surface area contributed by atoms with Crippen molar-refractivity contribution in [3.8, 4) is 5.75 Å². The zero-order valence-corrected chi connectivity index (χ0v) is 14.3. The highest BCUT2D eigenvalue weighted by Gasteiger charge is 2.37. The van der Waals surface area contributed by atoms with Crippen molar-refractivity contribution in [3.05, 3.63) is 23.5 Å². The summed E-state index contributed by atoms with van der Waals surface area (Å²) in [6.07, 6.45) is 3.30. The maximum Gasteiger partial charge on any atom is 0.241 e. The Balaban J connectivity index is 0.00000242. The van der Waals surface area contributed by atoms with E-state index in [-0.39, 0.29) is 35.2 Å². The molecule has 0 aliphatic heterocycles. The standard InChI is InChI=1S/C14H21FN2O3S.ClH/c1-10-12(6-5-11(20-2)13(10)15)21(18,19)17-14(9-16)7-3-4-8-14;/h5-6,17H,3-4,7-9,16H2,1-2H3;1H. The van der Waals surface area contributed by atoms with Crippen molar-refractivity contribution in [2.45, 2.75) is 43.0 Å². The van der Waals surface area contributed by atoms with Crippen LogP contribution in [0.3, 0.4) is 0 Å². The lowest BCUT2D eigenvalue weighted by atomic mass is 10.0. The predicted octanol–water partition coefficient (Wildman–Crippen LogP) is 2.11. The number of sulfonamides is 1. The molecule has 8 heteroatoms. The molecule has 5 nitrogen and oxygen atoms in total. The normalized spacial score (nSPS) is 17.1. The Bertz CT molecular complexity index is 631. The Labute approximate surface area is 136 Å². The molecule has 0 bridgehead atoms. The quantitative estimate of drug-likeness (QED) is 0.850. The number of benzene rings is 1. The first kappa shape index (κ1) is 19.2. The van der Waals surface area contributed by atoms with Gasteiger partial charge in [0.2, 0.25) is 10.0 Å². The summed E-state index contributed by atoms with van der Waals surface area (Å²) < 4.78 is 46.7. The largest absolute Gasteiger partial charge is 0.494 e. The van der Waals surface area contributed by atoms with Crippen molar-refractivity contribution in [1.29, 1.82) is 0 Å². The van der Waals surface area contributed by atoms with Crippen molar-refractivity contribution >= 4 is 22.4 Å². The molecule has 1 aliphatic carbocycles.